The fourth-order valence-electron chi connectivity index (χ4n) is 14.9. The molecule has 0 unspecified atom stereocenters. The minimum absolute atomic E-state index is 0.00921. The summed E-state index contributed by atoms with van der Waals surface area (Å²) in [7, 11) is 2.17. The molecule has 6 aromatic rings. The number of aromatic nitrogens is 5. The van der Waals surface area contributed by atoms with Crippen molar-refractivity contribution < 1.29 is 42.5 Å². The number of likely N-dealkylation sites (N-methyl/N-ethyl adjacent to an activating group) is 1. The summed E-state index contributed by atoms with van der Waals surface area (Å²) in [5, 5.41) is 44.0. The molecule has 3 atom stereocenters. The minimum Gasteiger partial charge on any atom is -0.508 e. The Bertz CT molecular complexity index is 3750. The summed E-state index contributed by atoms with van der Waals surface area (Å²) < 4.78 is 47.5. The first-order valence-electron chi connectivity index (χ1n) is 32.2. The molecule has 1 spiro atoms. The third-order valence-electron chi connectivity index (χ3n) is 20.2. The van der Waals surface area contributed by atoms with Gasteiger partial charge >= 0.3 is 12.2 Å². The predicted octanol–water partition coefficient (Wildman–Crippen LogP) is 9.11. The smallest absolute Gasteiger partial charge is 0.405 e. The largest absolute Gasteiger partial charge is 0.508 e. The van der Waals surface area contributed by atoms with Crippen LogP contribution in [-0.2, 0) is 29.1 Å². The predicted molar refractivity (Wildman–Crippen MR) is 344 cm³/mol. The molecule has 6 aliphatic rings. The summed E-state index contributed by atoms with van der Waals surface area (Å²) in [4.78, 5) is 66.2. The van der Waals surface area contributed by atoms with Gasteiger partial charge in [-0.1, -0.05) is 68.4 Å². The molecule has 486 valence electrons. The van der Waals surface area contributed by atoms with Gasteiger partial charge in [-0.3, -0.25) is 33.7 Å². The third kappa shape index (κ3) is 13.6. The number of likely N-dealkylation sites (tertiary alicyclic amines) is 4. The highest BCUT2D eigenvalue weighted by Gasteiger charge is 2.44. The van der Waals surface area contributed by atoms with Crippen LogP contribution < -0.4 is 19.9 Å². The molecular formula is C68H80ClF3N14O6. The zero-order chi connectivity index (χ0) is 64.6. The van der Waals surface area contributed by atoms with Crippen LogP contribution in [0.3, 0.4) is 0 Å². The van der Waals surface area contributed by atoms with Crippen molar-refractivity contribution in [2.75, 3.05) is 102 Å². The Kier molecular flexibility index (Phi) is 18.7. The van der Waals surface area contributed by atoms with Gasteiger partial charge in [-0.05, 0) is 149 Å². The van der Waals surface area contributed by atoms with Gasteiger partial charge in [-0.15, -0.1) is 10.2 Å². The number of carbonyl (C=O) groups is 3. The van der Waals surface area contributed by atoms with Crippen LogP contribution in [-0.4, -0.2) is 194 Å². The Hall–Kier alpha value is -8.04. The van der Waals surface area contributed by atoms with Crippen LogP contribution in [0.5, 0.6) is 17.5 Å². The number of alkyl halides is 3. The van der Waals surface area contributed by atoms with Crippen LogP contribution in [0.25, 0.3) is 27.8 Å². The first kappa shape index (κ1) is 64.1. The molecule has 5 saturated heterocycles. The maximum atomic E-state index is 14.1. The Balaban J connectivity index is 0.630. The number of nitrogens with one attached hydrogen (secondary N) is 1. The number of nitrogens with zero attached hydrogens (tertiary/aromatic N) is 13. The number of aromatic hydroxyl groups is 2. The van der Waals surface area contributed by atoms with Crippen LogP contribution in [0.4, 0.5) is 24.7 Å². The monoisotopic (exact) mass is 1280 g/mol. The van der Waals surface area contributed by atoms with Gasteiger partial charge in [-0.25, -0.2) is 0 Å². The van der Waals surface area contributed by atoms with Gasteiger partial charge in [-0.2, -0.15) is 28.4 Å². The van der Waals surface area contributed by atoms with E-state index in [4.69, 9.17) is 26.3 Å². The fourth-order valence-corrected chi connectivity index (χ4v) is 15.2. The molecule has 4 aromatic carbocycles. The maximum Gasteiger partial charge on any atom is 0.405 e. The van der Waals surface area contributed by atoms with Crippen molar-refractivity contribution in [1.29, 1.82) is 5.26 Å². The molecule has 24 heteroatoms. The van der Waals surface area contributed by atoms with Crippen molar-refractivity contribution in [3.05, 3.63) is 119 Å². The number of piperidine rings is 3. The average Bonchev–Trinajstić information content (AvgIpc) is 1.19. The van der Waals surface area contributed by atoms with Crippen LogP contribution in [0.1, 0.15) is 104 Å². The Labute approximate surface area is 539 Å². The van der Waals surface area contributed by atoms with Crippen molar-refractivity contribution in [3.63, 3.8) is 0 Å². The van der Waals surface area contributed by atoms with Gasteiger partial charge in [0.2, 0.25) is 17.6 Å². The third-order valence-corrected chi connectivity index (χ3v) is 20.5. The molecule has 5 fully saturated rings. The minimum atomic E-state index is -4.66. The molecule has 12 rings (SSSR count). The van der Waals surface area contributed by atoms with Crippen LogP contribution >= 0.6 is 11.6 Å². The number of piperazine rings is 1. The molecule has 3 N–H and O–H groups in total. The van der Waals surface area contributed by atoms with Crippen molar-refractivity contribution in [3.8, 4) is 40.7 Å². The van der Waals surface area contributed by atoms with E-state index in [2.05, 4.69) is 83.6 Å². The number of nitriles is 1. The molecule has 2 aromatic heterocycles. The van der Waals surface area contributed by atoms with Gasteiger partial charge < -0.3 is 39.9 Å². The number of amides is 3. The number of phenolic OH excluding ortho intramolecular Hbond substituents is 2. The fraction of sp³-hybridized carbons (Fsp3) is 0.500. The van der Waals surface area contributed by atoms with E-state index < -0.39 is 24.5 Å². The quantitative estimate of drug-likeness (QED) is 0.0770. The Morgan fingerprint density at radius 3 is 2.32 bits per heavy atom. The van der Waals surface area contributed by atoms with E-state index in [1.54, 1.807) is 17.0 Å². The second-order valence-electron chi connectivity index (χ2n) is 26.2. The van der Waals surface area contributed by atoms with E-state index in [1.165, 1.54) is 22.8 Å². The number of hydrogen-bond donors (Lipinski definition) is 3. The van der Waals surface area contributed by atoms with Gasteiger partial charge in [0.05, 0.1) is 41.4 Å². The summed E-state index contributed by atoms with van der Waals surface area (Å²) in [5.41, 5.74) is 5.19. The second-order valence-corrected chi connectivity index (χ2v) is 26.6. The van der Waals surface area contributed by atoms with E-state index in [-0.39, 0.29) is 70.5 Å². The number of ether oxygens (including phenoxy) is 1. The SMILES string of the molecule is C=CC(=O)N1CCN(c2nc(OC[C@@H]3C[C@H](N4CCC5(CCN(C(=O)C6CCN(Cc7ccc(-n8c(C(=O)NCC(F)(F)F)nnc8-c8cc(C(C)C)c(O)cc8O)cc7)CC6)CC5)CC4)CN3C)nc3c2CCN(c2cccc4cccc(Cl)c24)C3)C[C@@H]1CC#N. The Morgan fingerprint density at radius 1 is 0.880 bits per heavy atom. The molecule has 0 saturated carbocycles. The number of anilines is 2. The number of carbonyl (C=O) groups excluding carboxylic acids is 3. The van der Waals surface area contributed by atoms with Crippen molar-refractivity contribution in [2.24, 2.45) is 11.3 Å². The molecular weight excluding hydrogens is 1200 g/mol. The number of hydrogen-bond acceptors (Lipinski definition) is 16. The van der Waals surface area contributed by atoms with Crippen LogP contribution in [0.15, 0.2) is 85.5 Å². The normalized spacial score (nSPS) is 21.0. The number of phenols is 2. The van der Waals surface area contributed by atoms with E-state index in [0.717, 1.165) is 136 Å². The molecule has 0 aliphatic carbocycles. The number of rotatable bonds is 16. The van der Waals surface area contributed by atoms with Crippen LogP contribution in [0, 0.1) is 22.7 Å². The lowest BCUT2D eigenvalue weighted by molar-refractivity contribution is -0.140. The highest BCUT2D eigenvalue weighted by atomic mass is 35.5. The standard InChI is InChI=1S/C68H80ClF3N14O6/c1-5-59(89)85-33-32-84(39-48(85)16-24-73)61-51-19-27-83(56-11-7-9-45-8-6-10-54(69)60(45)56)40-55(51)75-66(76-61)92-41-50-34-49(38-79(50)4)81-28-20-67(21-29-81)22-30-82(31-23-67)65(91)46-17-25-80(26-18-46)37-44-12-14-47(15-13-44)86-62(53-35-52(43(2)3)57(87)36-58(53)88)77-78-63(86)64(90)74-42-68(70,71)72/h5-15,35-36,43,46,48-50,87-88H,1,16-23,25-34,37-42H2,2-4H3,(H,74,90)/t48-,49-,50-/m0/s1. The molecule has 6 aliphatic heterocycles. The van der Waals surface area contributed by atoms with E-state index >= 15 is 0 Å². The number of benzene rings is 4. The summed E-state index contributed by atoms with van der Waals surface area (Å²) >= 11 is 6.85. The number of fused-ring (bicyclic) bond motifs is 2. The lowest BCUT2D eigenvalue weighted by Crippen LogP contribution is -2.55. The topological polar surface area (TPSA) is 216 Å². The first-order valence-corrected chi connectivity index (χ1v) is 32.5. The van der Waals surface area contributed by atoms with E-state index in [9.17, 15) is 43.0 Å². The number of halogens is 4. The molecule has 0 bridgehead atoms. The Morgan fingerprint density at radius 2 is 1.61 bits per heavy atom. The molecule has 3 amide bonds. The van der Waals surface area contributed by atoms with E-state index in [1.807, 2.05) is 43.4 Å². The van der Waals surface area contributed by atoms with Gasteiger partial charge in [0.25, 0.3) is 5.91 Å². The average molecular weight is 1280 g/mol. The molecule has 92 heavy (non-hydrogen) atoms. The van der Waals surface area contributed by atoms with Crippen molar-refractivity contribution in [2.45, 2.75) is 115 Å². The maximum absolute atomic E-state index is 14.1. The zero-order valence-electron chi connectivity index (χ0n) is 52.4. The van der Waals surface area contributed by atoms with Gasteiger partial charge in [0.1, 0.15) is 30.5 Å². The van der Waals surface area contributed by atoms with Gasteiger partial charge in [0.15, 0.2) is 5.82 Å². The highest BCUT2D eigenvalue weighted by molar-refractivity contribution is 6.36. The highest BCUT2D eigenvalue weighted by Crippen LogP contribution is 2.44. The second kappa shape index (κ2) is 26.9. The lowest BCUT2D eigenvalue weighted by Gasteiger charge is -2.48. The molecule has 20 nitrogen and oxygen atoms in total. The summed E-state index contributed by atoms with van der Waals surface area (Å²) in [6, 6.07) is 25.0. The van der Waals surface area contributed by atoms with Gasteiger partial charge in [0, 0.05) is 98.8 Å². The molecule has 8 heterocycles. The van der Waals surface area contributed by atoms with E-state index in [0.29, 0.717) is 74.1 Å². The summed E-state index contributed by atoms with van der Waals surface area (Å²) in [6.07, 6.45) is 4.22. The van der Waals surface area contributed by atoms with Crippen molar-refractivity contribution in [1.82, 2.24) is 54.5 Å². The molecule has 0 radical (unpaired) electrons. The van der Waals surface area contributed by atoms with Crippen LogP contribution in [0.2, 0.25) is 5.02 Å². The summed E-state index contributed by atoms with van der Waals surface area (Å²) in [6.45, 7) is 15.6. The first-order chi connectivity index (χ1) is 44.2. The zero-order valence-corrected chi connectivity index (χ0v) is 53.2. The summed E-state index contributed by atoms with van der Waals surface area (Å²) in [5.74, 6) is -1.31. The lowest BCUT2D eigenvalue weighted by atomic mass is 9.71. The van der Waals surface area contributed by atoms with Crippen molar-refractivity contribution >= 4 is 51.6 Å².